The number of furan rings is 1. The molecular formula is C19H29N3O2. The van der Waals surface area contributed by atoms with Gasteiger partial charge in [0.05, 0.1) is 0 Å². The Morgan fingerprint density at radius 2 is 2.00 bits per heavy atom. The fourth-order valence-electron chi connectivity index (χ4n) is 2.62. The number of hydrogen-bond donors (Lipinski definition) is 2. The molecule has 2 N–H and O–H groups in total. The van der Waals surface area contributed by atoms with Gasteiger partial charge in [0, 0.05) is 37.8 Å². The standard InChI is InChI=1S/C19H29N3O2/c1-4-20-19(21-12-8-5-9-13-23-3)22-14-18-15(2)16-10-6-7-11-17(16)24-18/h6-7,10-11H,4-5,8-9,12-14H2,1-3H3,(H2,20,21,22). The number of methoxy groups -OCH3 is 1. The van der Waals surface area contributed by atoms with Crippen molar-refractivity contribution in [2.24, 2.45) is 4.99 Å². The van der Waals surface area contributed by atoms with Crippen LogP contribution in [-0.4, -0.2) is 32.8 Å². The Morgan fingerprint density at radius 3 is 2.75 bits per heavy atom. The van der Waals surface area contributed by atoms with Crippen LogP contribution in [0.1, 0.15) is 37.5 Å². The van der Waals surface area contributed by atoms with Gasteiger partial charge in [0.1, 0.15) is 17.9 Å². The van der Waals surface area contributed by atoms with Gasteiger partial charge in [0.15, 0.2) is 5.96 Å². The van der Waals surface area contributed by atoms with Crippen molar-refractivity contribution in [3.63, 3.8) is 0 Å². The van der Waals surface area contributed by atoms with Crippen LogP contribution in [0.25, 0.3) is 11.0 Å². The first-order chi connectivity index (χ1) is 11.8. The number of nitrogens with zero attached hydrogens (tertiary/aromatic N) is 1. The van der Waals surface area contributed by atoms with E-state index in [4.69, 9.17) is 9.15 Å². The quantitative estimate of drug-likeness (QED) is 0.419. The molecule has 0 aliphatic rings. The second-order valence-electron chi connectivity index (χ2n) is 5.82. The van der Waals surface area contributed by atoms with Crippen LogP contribution in [0.5, 0.6) is 0 Å². The lowest BCUT2D eigenvalue weighted by molar-refractivity contribution is 0.192. The van der Waals surface area contributed by atoms with Crippen molar-refractivity contribution in [2.45, 2.75) is 39.7 Å². The molecule has 132 valence electrons. The Hall–Kier alpha value is -2.01. The van der Waals surface area contributed by atoms with Gasteiger partial charge in [-0.05, 0) is 39.2 Å². The Morgan fingerprint density at radius 1 is 1.17 bits per heavy atom. The minimum atomic E-state index is 0.541. The first-order valence-electron chi connectivity index (χ1n) is 8.74. The molecule has 2 rings (SSSR count). The Kier molecular flexibility index (Phi) is 7.62. The average molecular weight is 331 g/mol. The molecule has 0 saturated heterocycles. The highest BCUT2D eigenvalue weighted by Crippen LogP contribution is 2.25. The second-order valence-corrected chi connectivity index (χ2v) is 5.82. The molecule has 0 fully saturated rings. The maximum Gasteiger partial charge on any atom is 0.191 e. The van der Waals surface area contributed by atoms with Gasteiger partial charge in [-0.15, -0.1) is 0 Å². The van der Waals surface area contributed by atoms with Crippen molar-refractivity contribution < 1.29 is 9.15 Å². The molecule has 0 radical (unpaired) electrons. The molecule has 0 atom stereocenters. The van der Waals surface area contributed by atoms with Crippen molar-refractivity contribution in [2.75, 3.05) is 26.8 Å². The van der Waals surface area contributed by atoms with Gasteiger partial charge >= 0.3 is 0 Å². The van der Waals surface area contributed by atoms with E-state index in [1.54, 1.807) is 7.11 Å². The molecule has 1 heterocycles. The summed E-state index contributed by atoms with van der Waals surface area (Å²) in [6, 6.07) is 8.12. The third kappa shape index (κ3) is 5.27. The fourth-order valence-corrected chi connectivity index (χ4v) is 2.62. The number of unbranched alkanes of at least 4 members (excludes halogenated alkanes) is 2. The molecule has 0 saturated carbocycles. The summed E-state index contributed by atoms with van der Waals surface area (Å²) in [6.45, 7) is 7.29. The number of aliphatic imine (C=N–C) groups is 1. The Labute approximate surface area is 144 Å². The van der Waals surface area contributed by atoms with Gasteiger partial charge in [0.25, 0.3) is 0 Å². The first kappa shape index (κ1) is 18.3. The van der Waals surface area contributed by atoms with Crippen LogP contribution >= 0.6 is 0 Å². The van der Waals surface area contributed by atoms with Crippen LogP contribution in [0.15, 0.2) is 33.7 Å². The number of aryl methyl sites for hydroxylation is 1. The predicted octanol–water partition coefficient (Wildman–Crippen LogP) is 3.61. The minimum absolute atomic E-state index is 0.541. The molecule has 0 bridgehead atoms. The van der Waals surface area contributed by atoms with Crippen molar-refractivity contribution in [1.29, 1.82) is 0 Å². The number of fused-ring (bicyclic) bond motifs is 1. The highest BCUT2D eigenvalue weighted by molar-refractivity contribution is 5.82. The molecule has 0 aliphatic carbocycles. The van der Waals surface area contributed by atoms with E-state index < -0.39 is 0 Å². The molecule has 5 heteroatoms. The molecule has 0 spiro atoms. The largest absolute Gasteiger partial charge is 0.459 e. The van der Waals surface area contributed by atoms with Gasteiger partial charge in [-0.2, -0.15) is 0 Å². The smallest absolute Gasteiger partial charge is 0.191 e. The summed E-state index contributed by atoms with van der Waals surface area (Å²) < 4.78 is 11.0. The lowest BCUT2D eigenvalue weighted by Crippen LogP contribution is -2.37. The van der Waals surface area contributed by atoms with Crippen LogP contribution in [-0.2, 0) is 11.3 Å². The Bertz CT molecular complexity index is 649. The van der Waals surface area contributed by atoms with Crippen molar-refractivity contribution in [1.82, 2.24) is 10.6 Å². The van der Waals surface area contributed by atoms with E-state index in [0.29, 0.717) is 6.54 Å². The highest BCUT2D eigenvalue weighted by atomic mass is 16.5. The number of rotatable bonds is 9. The summed E-state index contributed by atoms with van der Waals surface area (Å²) in [5.41, 5.74) is 2.10. The SMILES string of the molecule is CCNC(=NCc1oc2ccccc2c1C)NCCCCCOC. The molecule has 0 aliphatic heterocycles. The van der Waals surface area contributed by atoms with Crippen LogP contribution in [0.3, 0.4) is 0 Å². The average Bonchev–Trinajstić information content (AvgIpc) is 2.92. The Balaban J connectivity index is 1.90. The summed E-state index contributed by atoms with van der Waals surface area (Å²) >= 11 is 0. The predicted molar refractivity (Wildman–Crippen MR) is 99.5 cm³/mol. The lowest BCUT2D eigenvalue weighted by Gasteiger charge is -2.11. The van der Waals surface area contributed by atoms with Crippen LogP contribution in [0.4, 0.5) is 0 Å². The van der Waals surface area contributed by atoms with Gasteiger partial charge < -0.3 is 19.8 Å². The molecule has 2 aromatic rings. The number of para-hydroxylation sites is 1. The molecule has 0 unspecified atom stereocenters. The second kappa shape index (κ2) is 9.98. The number of ether oxygens (including phenoxy) is 1. The maximum absolute atomic E-state index is 5.92. The molecule has 5 nitrogen and oxygen atoms in total. The number of nitrogens with one attached hydrogen (secondary N) is 2. The summed E-state index contributed by atoms with van der Waals surface area (Å²) in [4.78, 5) is 4.65. The summed E-state index contributed by atoms with van der Waals surface area (Å²) in [7, 11) is 1.74. The number of hydrogen-bond acceptors (Lipinski definition) is 3. The first-order valence-corrected chi connectivity index (χ1v) is 8.74. The van der Waals surface area contributed by atoms with Crippen LogP contribution < -0.4 is 10.6 Å². The van der Waals surface area contributed by atoms with Crippen molar-refractivity contribution in [3.05, 3.63) is 35.6 Å². The van der Waals surface area contributed by atoms with Gasteiger partial charge in [0.2, 0.25) is 0 Å². The van der Waals surface area contributed by atoms with Crippen molar-refractivity contribution in [3.8, 4) is 0 Å². The molecule has 24 heavy (non-hydrogen) atoms. The third-order valence-electron chi connectivity index (χ3n) is 3.99. The molecular weight excluding hydrogens is 302 g/mol. The van der Waals surface area contributed by atoms with E-state index in [0.717, 1.165) is 56.3 Å². The summed E-state index contributed by atoms with van der Waals surface area (Å²) in [6.07, 6.45) is 3.37. The number of benzene rings is 1. The maximum atomic E-state index is 5.92. The lowest BCUT2D eigenvalue weighted by atomic mass is 10.1. The minimum Gasteiger partial charge on any atom is -0.459 e. The van der Waals surface area contributed by atoms with E-state index in [2.05, 4.69) is 35.5 Å². The van der Waals surface area contributed by atoms with Crippen LogP contribution in [0, 0.1) is 6.92 Å². The van der Waals surface area contributed by atoms with Gasteiger partial charge in [-0.3, -0.25) is 0 Å². The normalized spacial score (nSPS) is 11.9. The van der Waals surface area contributed by atoms with Crippen molar-refractivity contribution >= 4 is 16.9 Å². The third-order valence-corrected chi connectivity index (χ3v) is 3.99. The van der Waals surface area contributed by atoms with Gasteiger partial charge in [-0.1, -0.05) is 18.2 Å². The van der Waals surface area contributed by atoms with E-state index in [-0.39, 0.29) is 0 Å². The summed E-state index contributed by atoms with van der Waals surface area (Å²) in [5, 5.41) is 7.82. The highest BCUT2D eigenvalue weighted by Gasteiger charge is 2.09. The fraction of sp³-hybridized carbons (Fsp3) is 0.526. The monoisotopic (exact) mass is 331 g/mol. The van der Waals surface area contributed by atoms with E-state index in [1.165, 1.54) is 10.9 Å². The van der Waals surface area contributed by atoms with Crippen LogP contribution in [0.2, 0.25) is 0 Å². The zero-order chi connectivity index (χ0) is 17.2. The zero-order valence-electron chi connectivity index (χ0n) is 15.0. The zero-order valence-corrected chi connectivity index (χ0v) is 15.0. The van der Waals surface area contributed by atoms with Gasteiger partial charge in [-0.25, -0.2) is 4.99 Å². The molecule has 1 aromatic carbocycles. The van der Waals surface area contributed by atoms with E-state index >= 15 is 0 Å². The molecule has 1 aromatic heterocycles. The topological polar surface area (TPSA) is 58.8 Å². The molecule has 0 amide bonds. The van der Waals surface area contributed by atoms with E-state index in [9.17, 15) is 0 Å². The summed E-state index contributed by atoms with van der Waals surface area (Å²) in [5.74, 6) is 1.76. The number of guanidine groups is 1. The van der Waals surface area contributed by atoms with E-state index in [1.807, 2.05) is 18.2 Å².